The number of hydrogen-bond donors (Lipinski definition) is 1. The van der Waals surface area contributed by atoms with Crippen molar-refractivity contribution in [3.63, 3.8) is 0 Å². The summed E-state index contributed by atoms with van der Waals surface area (Å²) < 4.78 is 5.51. The summed E-state index contributed by atoms with van der Waals surface area (Å²) in [5.74, 6) is 0.142. The molecule has 2 saturated heterocycles. The van der Waals surface area contributed by atoms with E-state index in [4.69, 9.17) is 4.74 Å². The summed E-state index contributed by atoms with van der Waals surface area (Å²) in [6.45, 7) is 5.52. The van der Waals surface area contributed by atoms with Gasteiger partial charge in [-0.3, -0.25) is 9.59 Å². The molecule has 0 bridgehead atoms. The standard InChI is InChI=1S/C28H34N4O4/c33-26-10-8-24(18-29-26)32-19-23-17-21(7-9-25(23)27(32)34)11-14-30-12-4-13-31(16-15-30)28(35)36-20-22-5-2-1-3-6-22/h1-3,5-7,9,17,24H,4,8,10-16,18-20H2,(H,29,33)/t24-/m0/s1. The predicted molar refractivity (Wildman–Crippen MR) is 135 cm³/mol. The molecule has 0 unspecified atom stereocenters. The van der Waals surface area contributed by atoms with Crippen LogP contribution in [0.1, 0.15) is 46.3 Å². The molecule has 2 aromatic rings. The monoisotopic (exact) mass is 490 g/mol. The molecule has 8 heteroatoms. The van der Waals surface area contributed by atoms with Gasteiger partial charge in [-0.2, -0.15) is 0 Å². The molecule has 0 aliphatic carbocycles. The minimum atomic E-state index is -0.244. The fourth-order valence-electron chi connectivity index (χ4n) is 5.31. The minimum absolute atomic E-state index is 0.0680. The van der Waals surface area contributed by atoms with Gasteiger partial charge in [0.05, 0.1) is 6.04 Å². The van der Waals surface area contributed by atoms with Crippen molar-refractivity contribution in [2.45, 2.75) is 44.9 Å². The maximum atomic E-state index is 12.9. The number of carbonyl (C=O) groups is 3. The van der Waals surface area contributed by atoms with Crippen LogP contribution in [0.4, 0.5) is 4.79 Å². The zero-order valence-electron chi connectivity index (χ0n) is 20.7. The molecule has 2 aromatic carbocycles. The van der Waals surface area contributed by atoms with Crippen LogP contribution >= 0.6 is 0 Å². The highest BCUT2D eigenvalue weighted by Crippen LogP contribution is 2.28. The largest absolute Gasteiger partial charge is 0.445 e. The van der Waals surface area contributed by atoms with Gasteiger partial charge in [-0.05, 0) is 48.6 Å². The van der Waals surface area contributed by atoms with Crippen LogP contribution < -0.4 is 5.32 Å². The van der Waals surface area contributed by atoms with Gasteiger partial charge in [0, 0.05) is 51.3 Å². The molecule has 36 heavy (non-hydrogen) atoms. The number of piperidine rings is 1. The molecule has 3 amide bonds. The Morgan fingerprint density at radius 2 is 1.86 bits per heavy atom. The molecule has 3 heterocycles. The topological polar surface area (TPSA) is 82.2 Å². The quantitative estimate of drug-likeness (QED) is 0.674. The molecular formula is C28H34N4O4. The highest BCUT2D eigenvalue weighted by molar-refractivity contribution is 5.98. The summed E-state index contributed by atoms with van der Waals surface area (Å²) in [6.07, 6.45) is 2.79. The Morgan fingerprint density at radius 3 is 2.67 bits per heavy atom. The molecular weight excluding hydrogens is 456 g/mol. The van der Waals surface area contributed by atoms with Crippen LogP contribution in [0.5, 0.6) is 0 Å². The number of fused-ring (bicyclic) bond motifs is 1. The maximum Gasteiger partial charge on any atom is 0.410 e. The Balaban J connectivity index is 1.09. The average molecular weight is 491 g/mol. The van der Waals surface area contributed by atoms with Crippen molar-refractivity contribution in [2.75, 3.05) is 39.3 Å². The lowest BCUT2D eigenvalue weighted by atomic mass is 10.0. The summed E-state index contributed by atoms with van der Waals surface area (Å²) >= 11 is 0. The van der Waals surface area contributed by atoms with E-state index in [0.717, 1.165) is 55.6 Å². The van der Waals surface area contributed by atoms with Crippen LogP contribution in [0.25, 0.3) is 0 Å². The van der Waals surface area contributed by atoms with E-state index < -0.39 is 0 Å². The van der Waals surface area contributed by atoms with E-state index in [9.17, 15) is 14.4 Å². The van der Waals surface area contributed by atoms with Crippen LogP contribution in [-0.2, 0) is 29.1 Å². The lowest BCUT2D eigenvalue weighted by molar-refractivity contribution is -0.123. The molecule has 3 aliphatic heterocycles. The number of amides is 3. The highest BCUT2D eigenvalue weighted by Gasteiger charge is 2.34. The Labute approximate surface area is 212 Å². The predicted octanol–water partition coefficient (Wildman–Crippen LogP) is 2.81. The Bertz CT molecular complexity index is 1100. The molecule has 8 nitrogen and oxygen atoms in total. The minimum Gasteiger partial charge on any atom is -0.445 e. The summed E-state index contributed by atoms with van der Waals surface area (Å²) in [5.41, 5.74) is 4.09. The SMILES string of the molecule is O=C1CC[C@H](N2Cc3cc(CCN4CCCN(C(=O)OCc5ccccc5)CC4)ccc3C2=O)CN1. The van der Waals surface area contributed by atoms with Crippen LogP contribution in [-0.4, -0.2) is 77.9 Å². The number of carbonyl (C=O) groups excluding carboxylic acids is 3. The van der Waals surface area contributed by atoms with Gasteiger partial charge in [-0.15, -0.1) is 0 Å². The van der Waals surface area contributed by atoms with Gasteiger partial charge in [0.2, 0.25) is 5.91 Å². The van der Waals surface area contributed by atoms with E-state index in [1.165, 1.54) is 5.56 Å². The van der Waals surface area contributed by atoms with Crippen molar-refractivity contribution >= 4 is 17.9 Å². The van der Waals surface area contributed by atoms with Crippen molar-refractivity contribution in [2.24, 2.45) is 0 Å². The molecule has 190 valence electrons. The van der Waals surface area contributed by atoms with Gasteiger partial charge in [-0.25, -0.2) is 4.79 Å². The van der Waals surface area contributed by atoms with E-state index in [1.54, 1.807) is 0 Å². The molecule has 1 N–H and O–H groups in total. The second-order valence-corrected chi connectivity index (χ2v) is 9.89. The molecule has 0 aromatic heterocycles. The van der Waals surface area contributed by atoms with E-state index in [0.29, 0.717) is 39.2 Å². The van der Waals surface area contributed by atoms with Gasteiger partial charge in [0.15, 0.2) is 0 Å². The third-order valence-electron chi connectivity index (χ3n) is 7.45. The summed E-state index contributed by atoms with van der Waals surface area (Å²) in [7, 11) is 0. The Kier molecular flexibility index (Phi) is 7.51. The first-order valence-corrected chi connectivity index (χ1v) is 12.9. The van der Waals surface area contributed by atoms with E-state index >= 15 is 0 Å². The summed E-state index contributed by atoms with van der Waals surface area (Å²) in [6, 6.07) is 16.0. The van der Waals surface area contributed by atoms with Gasteiger partial charge in [-0.1, -0.05) is 42.5 Å². The molecule has 3 aliphatic rings. The van der Waals surface area contributed by atoms with Gasteiger partial charge in [0.25, 0.3) is 5.91 Å². The van der Waals surface area contributed by atoms with Crippen molar-refractivity contribution in [1.29, 1.82) is 0 Å². The fraction of sp³-hybridized carbons (Fsp3) is 0.464. The van der Waals surface area contributed by atoms with Crippen LogP contribution in [0.3, 0.4) is 0 Å². The molecule has 0 radical (unpaired) electrons. The Morgan fingerprint density at radius 1 is 1.00 bits per heavy atom. The zero-order chi connectivity index (χ0) is 24.9. The van der Waals surface area contributed by atoms with Gasteiger partial charge >= 0.3 is 6.09 Å². The van der Waals surface area contributed by atoms with Crippen LogP contribution in [0.15, 0.2) is 48.5 Å². The highest BCUT2D eigenvalue weighted by atomic mass is 16.6. The molecule has 5 rings (SSSR count). The lowest BCUT2D eigenvalue weighted by Crippen LogP contribution is -2.48. The Hall–Kier alpha value is -3.39. The van der Waals surface area contributed by atoms with Gasteiger partial charge < -0.3 is 24.8 Å². The number of hydrogen-bond acceptors (Lipinski definition) is 5. The van der Waals surface area contributed by atoms with Crippen molar-refractivity contribution in [3.05, 3.63) is 70.8 Å². The van der Waals surface area contributed by atoms with E-state index in [-0.39, 0.29) is 23.9 Å². The van der Waals surface area contributed by atoms with Crippen LogP contribution in [0, 0.1) is 0 Å². The number of nitrogens with one attached hydrogen (secondary N) is 1. The van der Waals surface area contributed by atoms with Crippen molar-refractivity contribution < 1.29 is 19.1 Å². The first kappa shape index (κ1) is 24.3. The number of rotatable bonds is 6. The summed E-state index contributed by atoms with van der Waals surface area (Å²) in [5, 5.41) is 2.88. The first-order chi connectivity index (χ1) is 17.6. The van der Waals surface area contributed by atoms with Crippen molar-refractivity contribution in [1.82, 2.24) is 20.0 Å². The summed E-state index contributed by atoms with van der Waals surface area (Å²) in [4.78, 5) is 43.1. The zero-order valence-corrected chi connectivity index (χ0v) is 20.7. The number of nitrogens with zero attached hydrogens (tertiary/aromatic N) is 3. The number of ether oxygens (including phenoxy) is 1. The molecule has 1 atom stereocenters. The molecule has 2 fully saturated rings. The van der Waals surface area contributed by atoms with E-state index in [2.05, 4.69) is 22.3 Å². The van der Waals surface area contributed by atoms with Crippen molar-refractivity contribution in [3.8, 4) is 0 Å². The van der Waals surface area contributed by atoms with Gasteiger partial charge in [0.1, 0.15) is 6.61 Å². The molecule has 0 saturated carbocycles. The second-order valence-electron chi connectivity index (χ2n) is 9.89. The molecule has 0 spiro atoms. The third-order valence-corrected chi connectivity index (χ3v) is 7.45. The average Bonchev–Trinajstić information content (AvgIpc) is 3.06. The maximum absolute atomic E-state index is 12.9. The normalized spacial score (nSPS) is 20.6. The second kappa shape index (κ2) is 11.1. The first-order valence-electron chi connectivity index (χ1n) is 12.9. The number of benzene rings is 2. The lowest BCUT2D eigenvalue weighted by Gasteiger charge is -2.31. The van der Waals surface area contributed by atoms with E-state index in [1.807, 2.05) is 46.2 Å². The fourth-order valence-corrected chi connectivity index (χ4v) is 5.31. The van der Waals surface area contributed by atoms with Crippen LogP contribution in [0.2, 0.25) is 0 Å². The third kappa shape index (κ3) is 5.70. The smallest absolute Gasteiger partial charge is 0.410 e.